The van der Waals surface area contributed by atoms with Gasteiger partial charge in [0.15, 0.2) is 0 Å². The molecule has 0 saturated heterocycles. The Balaban J connectivity index is 1.89. The van der Waals surface area contributed by atoms with Gasteiger partial charge in [-0.2, -0.15) is 0 Å². The number of benzene rings is 2. The van der Waals surface area contributed by atoms with Gasteiger partial charge >= 0.3 is 0 Å². The van der Waals surface area contributed by atoms with Gasteiger partial charge in [-0.25, -0.2) is 4.98 Å². The quantitative estimate of drug-likeness (QED) is 0.788. The van der Waals surface area contributed by atoms with E-state index in [1.807, 2.05) is 37.3 Å². The van der Waals surface area contributed by atoms with Crippen LogP contribution in [0.25, 0.3) is 10.2 Å². The topological polar surface area (TPSA) is 42.4 Å². The molecule has 3 rings (SSSR count). The van der Waals surface area contributed by atoms with Crippen LogP contribution in [0, 0.1) is 0 Å². The monoisotopic (exact) mass is 285 g/mol. The summed E-state index contributed by atoms with van der Waals surface area (Å²) < 4.78 is 6.63. The fraction of sp³-hybridized carbons (Fsp3) is 0.188. The molecule has 1 heterocycles. The number of ether oxygens (including phenoxy) is 1. The lowest BCUT2D eigenvalue weighted by molar-refractivity contribution is 0.341. The lowest BCUT2D eigenvalue weighted by atomic mass is 10.1. The second kappa shape index (κ2) is 5.51. The largest absolute Gasteiger partial charge is 0.508 e. The number of fused-ring (bicyclic) bond motifs is 1. The number of hydrogen-bond donors (Lipinski definition) is 1. The van der Waals surface area contributed by atoms with E-state index >= 15 is 0 Å². The Kier molecular flexibility index (Phi) is 3.56. The molecule has 4 heteroatoms. The van der Waals surface area contributed by atoms with Gasteiger partial charge in [-0.05, 0) is 42.8 Å². The number of nitrogens with zero attached hydrogens (tertiary/aromatic N) is 1. The van der Waals surface area contributed by atoms with Crippen molar-refractivity contribution in [2.45, 2.75) is 13.3 Å². The van der Waals surface area contributed by atoms with Gasteiger partial charge in [0.05, 0.1) is 21.8 Å². The molecule has 0 aliphatic carbocycles. The number of hydrogen-bond acceptors (Lipinski definition) is 4. The van der Waals surface area contributed by atoms with E-state index in [4.69, 9.17) is 4.74 Å². The Morgan fingerprint density at radius 3 is 2.90 bits per heavy atom. The van der Waals surface area contributed by atoms with Crippen molar-refractivity contribution in [2.24, 2.45) is 0 Å². The Labute approximate surface area is 121 Å². The molecular weight excluding hydrogens is 270 g/mol. The average molecular weight is 285 g/mol. The predicted octanol–water partition coefficient (Wildman–Crippen LogP) is 3.99. The Hall–Kier alpha value is -2.07. The van der Waals surface area contributed by atoms with E-state index in [-0.39, 0.29) is 0 Å². The van der Waals surface area contributed by atoms with Crippen LogP contribution in [0.1, 0.15) is 17.5 Å². The van der Waals surface area contributed by atoms with Crippen LogP contribution in [0.5, 0.6) is 11.5 Å². The van der Waals surface area contributed by atoms with Gasteiger partial charge < -0.3 is 9.84 Å². The molecule has 2 aromatic carbocycles. The first kappa shape index (κ1) is 12.9. The lowest BCUT2D eigenvalue weighted by Crippen LogP contribution is -1.90. The van der Waals surface area contributed by atoms with E-state index in [1.54, 1.807) is 23.5 Å². The number of thiazole rings is 1. The van der Waals surface area contributed by atoms with E-state index in [0.29, 0.717) is 12.4 Å². The van der Waals surface area contributed by atoms with Crippen molar-refractivity contribution >= 4 is 21.6 Å². The van der Waals surface area contributed by atoms with Crippen LogP contribution in [-0.2, 0) is 6.42 Å². The highest BCUT2D eigenvalue weighted by molar-refractivity contribution is 7.18. The summed E-state index contributed by atoms with van der Waals surface area (Å²) in [6, 6.07) is 13.3. The molecule has 3 aromatic rings. The summed E-state index contributed by atoms with van der Waals surface area (Å²) in [5, 5.41) is 10.5. The standard InChI is InChI=1S/C16H15NO2S/c1-2-19-13-6-7-14-15(10-13)20-16(17-14)9-11-4-3-5-12(18)8-11/h3-8,10,18H,2,9H2,1H3. The second-order valence-corrected chi connectivity index (χ2v) is 5.63. The van der Waals surface area contributed by atoms with Gasteiger partial charge in [0.25, 0.3) is 0 Å². The number of rotatable bonds is 4. The van der Waals surface area contributed by atoms with Crippen molar-refractivity contribution < 1.29 is 9.84 Å². The Bertz CT molecular complexity index is 736. The van der Waals surface area contributed by atoms with Crippen molar-refractivity contribution in [3.8, 4) is 11.5 Å². The predicted molar refractivity (Wildman–Crippen MR) is 81.7 cm³/mol. The SMILES string of the molecule is CCOc1ccc2nc(Cc3cccc(O)c3)sc2c1. The molecule has 0 saturated carbocycles. The Morgan fingerprint density at radius 1 is 1.20 bits per heavy atom. The number of aromatic hydroxyl groups is 1. The molecule has 1 aromatic heterocycles. The summed E-state index contributed by atoms with van der Waals surface area (Å²) in [6.07, 6.45) is 0.734. The third-order valence-corrected chi connectivity index (χ3v) is 4.00. The fourth-order valence-electron chi connectivity index (χ4n) is 2.13. The van der Waals surface area contributed by atoms with Gasteiger partial charge in [-0.15, -0.1) is 11.3 Å². The number of phenols is 1. The van der Waals surface area contributed by atoms with Crippen LogP contribution in [-0.4, -0.2) is 16.7 Å². The Morgan fingerprint density at radius 2 is 2.10 bits per heavy atom. The molecule has 0 spiro atoms. The first-order valence-electron chi connectivity index (χ1n) is 6.55. The van der Waals surface area contributed by atoms with Crippen molar-refractivity contribution in [1.29, 1.82) is 0 Å². The maximum absolute atomic E-state index is 9.49. The normalized spacial score (nSPS) is 10.8. The summed E-state index contributed by atoms with van der Waals surface area (Å²) >= 11 is 1.67. The molecule has 102 valence electrons. The molecule has 0 unspecified atom stereocenters. The van der Waals surface area contributed by atoms with Gasteiger partial charge in [0.1, 0.15) is 11.5 Å². The zero-order chi connectivity index (χ0) is 13.9. The molecule has 0 aliphatic heterocycles. The van der Waals surface area contributed by atoms with Crippen molar-refractivity contribution in [2.75, 3.05) is 6.61 Å². The highest BCUT2D eigenvalue weighted by Gasteiger charge is 2.06. The van der Waals surface area contributed by atoms with E-state index in [0.717, 1.165) is 33.0 Å². The smallest absolute Gasteiger partial charge is 0.120 e. The zero-order valence-corrected chi connectivity index (χ0v) is 12.0. The van der Waals surface area contributed by atoms with Crippen LogP contribution >= 0.6 is 11.3 Å². The van der Waals surface area contributed by atoms with Gasteiger partial charge in [0, 0.05) is 6.42 Å². The highest BCUT2D eigenvalue weighted by Crippen LogP contribution is 2.28. The summed E-state index contributed by atoms with van der Waals surface area (Å²) in [5.41, 5.74) is 2.06. The summed E-state index contributed by atoms with van der Waals surface area (Å²) in [4.78, 5) is 4.62. The number of phenolic OH excluding ortho intramolecular Hbond substituents is 1. The molecule has 3 nitrogen and oxygen atoms in total. The minimum absolute atomic E-state index is 0.294. The van der Waals surface area contributed by atoms with Crippen LogP contribution in [0.3, 0.4) is 0 Å². The second-order valence-electron chi connectivity index (χ2n) is 4.52. The minimum Gasteiger partial charge on any atom is -0.508 e. The van der Waals surface area contributed by atoms with Crippen molar-refractivity contribution in [3.05, 3.63) is 53.0 Å². The molecule has 0 fully saturated rings. The molecule has 1 N–H and O–H groups in total. The number of aromatic nitrogens is 1. The van der Waals surface area contributed by atoms with Crippen LogP contribution < -0.4 is 4.74 Å². The van der Waals surface area contributed by atoms with Crippen molar-refractivity contribution in [1.82, 2.24) is 4.98 Å². The summed E-state index contributed by atoms with van der Waals surface area (Å²) in [5.74, 6) is 1.18. The first-order valence-corrected chi connectivity index (χ1v) is 7.36. The fourth-order valence-corrected chi connectivity index (χ4v) is 3.16. The molecule has 0 bridgehead atoms. The van der Waals surface area contributed by atoms with Crippen molar-refractivity contribution in [3.63, 3.8) is 0 Å². The molecule has 0 atom stereocenters. The van der Waals surface area contributed by atoms with E-state index < -0.39 is 0 Å². The molecule has 20 heavy (non-hydrogen) atoms. The maximum Gasteiger partial charge on any atom is 0.120 e. The summed E-state index contributed by atoms with van der Waals surface area (Å²) in [7, 11) is 0. The summed E-state index contributed by atoms with van der Waals surface area (Å²) in [6.45, 7) is 2.64. The molecule has 0 aliphatic rings. The lowest BCUT2D eigenvalue weighted by Gasteiger charge is -2.00. The van der Waals surface area contributed by atoms with Gasteiger partial charge in [-0.3, -0.25) is 0 Å². The first-order chi connectivity index (χ1) is 9.74. The molecule has 0 amide bonds. The molecular formula is C16H15NO2S. The maximum atomic E-state index is 9.49. The average Bonchev–Trinajstić information content (AvgIpc) is 2.80. The third-order valence-electron chi connectivity index (χ3n) is 2.98. The van der Waals surface area contributed by atoms with Crippen LogP contribution in [0.2, 0.25) is 0 Å². The zero-order valence-electron chi connectivity index (χ0n) is 11.2. The van der Waals surface area contributed by atoms with Crippen LogP contribution in [0.15, 0.2) is 42.5 Å². The minimum atomic E-state index is 0.294. The third kappa shape index (κ3) is 2.75. The van der Waals surface area contributed by atoms with Gasteiger partial charge in [0.2, 0.25) is 0 Å². The van der Waals surface area contributed by atoms with E-state index in [9.17, 15) is 5.11 Å². The molecule has 0 radical (unpaired) electrons. The van der Waals surface area contributed by atoms with E-state index in [2.05, 4.69) is 4.98 Å². The highest BCUT2D eigenvalue weighted by atomic mass is 32.1. The van der Waals surface area contributed by atoms with Crippen LogP contribution in [0.4, 0.5) is 0 Å². The van der Waals surface area contributed by atoms with Gasteiger partial charge in [-0.1, -0.05) is 12.1 Å². The van der Waals surface area contributed by atoms with E-state index in [1.165, 1.54) is 0 Å².